The predicted molar refractivity (Wildman–Crippen MR) is 115 cm³/mol. The molecular formula is C24H27FN4O2. The zero-order chi connectivity index (χ0) is 21.6. The molecule has 2 saturated carbocycles. The Hall–Kier alpha value is -2.96. The van der Waals surface area contributed by atoms with Crippen LogP contribution in [0.25, 0.3) is 16.9 Å². The molecule has 5 rings (SSSR count). The highest BCUT2D eigenvalue weighted by atomic mass is 19.1. The molecule has 0 saturated heterocycles. The minimum Gasteiger partial charge on any atom is -0.507 e. The lowest BCUT2D eigenvalue weighted by Crippen LogP contribution is -2.53. The summed E-state index contributed by atoms with van der Waals surface area (Å²) >= 11 is 0. The average Bonchev–Trinajstić information content (AvgIpc) is 3.27. The number of alkyl halides is 1. The molecule has 4 atom stereocenters. The molecule has 2 bridgehead atoms. The summed E-state index contributed by atoms with van der Waals surface area (Å²) in [6, 6.07) is 10.5. The van der Waals surface area contributed by atoms with Crippen LogP contribution in [0, 0.1) is 10.8 Å². The number of aromatic hydroxyl groups is 1. The molecule has 0 unspecified atom stereocenters. The quantitative estimate of drug-likeness (QED) is 0.632. The minimum absolute atomic E-state index is 0.0840. The number of ether oxygens (including phenoxy) is 1. The molecule has 0 amide bonds. The Balaban J connectivity index is 1.34. The molecule has 2 aromatic heterocycles. The Morgan fingerprint density at radius 3 is 2.74 bits per heavy atom. The van der Waals surface area contributed by atoms with E-state index in [-0.39, 0.29) is 16.6 Å². The highest BCUT2D eigenvalue weighted by Crippen LogP contribution is 2.56. The van der Waals surface area contributed by atoms with E-state index >= 15 is 4.39 Å². The second-order valence-electron chi connectivity index (χ2n) is 9.67. The fourth-order valence-corrected chi connectivity index (χ4v) is 5.60. The number of nitrogens with zero attached hydrogens (tertiary/aromatic N) is 4. The fraction of sp³-hybridized carbons (Fsp3) is 0.458. The highest BCUT2D eigenvalue weighted by Gasteiger charge is 2.54. The van der Waals surface area contributed by atoms with Gasteiger partial charge in [-0.3, -0.25) is 0 Å². The number of hydrogen-bond donors (Lipinski definition) is 1. The van der Waals surface area contributed by atoms with Gasteiger partial charge in [-0.15, -0.1) is 10.2 Å². The summed E-state index contributed by atoms with van der Waals surface area (Å²) in [7, 11) is 0. The number of rotatable bonds is 4. The molecule has 2 aliphatic carbocycles. The zero-order valence-corrected chi connectivity index (χ0v) is 17.8. The van der Waals surface area contributed by atoms with Gasteiger partial charge in [-0.25, -0.2) is 9.07 Å². The van der Waals surface area contributed by atoms with Crippen molar-refractivity contribution in [3.8, 4) is 28.6 Å². The van der Waals surface area contributed by atoms with Gasteiger partial charge in [0, 0.05) is 35.5 Å². The van der Waals surface area contributed by atoms with Gasteiger partial charge in [0.15, 0.2) is 0 Å². The van der Waals surface area contributed by atoms with Gasteiger partial charge in [0.25, 0.3) is 0 Å². The van der Waals surface area contributed by atoms with Crippen molar-refractivity contribution in [2.24, 2.45) is 10.8 Å². The average molecular weight is 423 g/mol. The van der Waals surface area contributed by atoms with Gasteiger partial charge in [-0.1, -0.05) is 20.3 Å². The SMILES string of the molecule is C[C@@]12CCC[C@@](C)(C1)[C@@H](F)[C@@H](Oc1ccc(-c3ccc(-n4cccn4)cc3O)nn1)C2. The number of fused-ring (bicyclic) bond motifs is 2. The molecule has 1 aromatic carbocycles. The van der Waals surface area contributed by atoms with Crippen LogP contribution in [0.15, 0.2) is 48.8 Å². The number of phenolic OH excluding ortho intramolecular Hbond substituents is 1. The van der Waals surface area contributed by atoms with E-state index in [1.807, 2.05) is 12.1 Å². The van der Waals surface area contributed by atoms with Crippen molar-refractivity contribution in [3.63, 3.8) is 0 Å². The summed E-state index contributed by atoms with van der Waals surface area (Å²) < 4.78 is 23.0. The maximum absolute atomic E-state index is 15.3. The van der Waals surface area contributed by atoms with E-state index in [1.165, 1.54) is 0 Å². The summed E-state index contributed by atoms with van der Waals surface area (Å²) in [5, 5.41) is 23.0. The van der Waals surface area contributed by atoms with Crippen LogP contribution in [0.2, 0.25) is 0 Å². The summed E-state index contributed by atoms with van der Waals surface area (Å²) in [6.07, 6.45) is 6.68. The van der Waals surface area contributed by atoms with Gasteiger partial charge < -0.3 is 9.84 Å². The van der Waals surface area contributed by atoms with Crippen LogP contribution in [0.3, 0.4) is 0 Å². The smallest absolute Gasteiger partial charge is 0.233 e. The van der Waals surface area contributed by atoms with Gasteiger partial charge in [-0.05, 0) is 55.4 Å². The fourth-order valence-electron chi connectivity index (χ4n) is 5.60. The number of aromatic nitrogens is 4. The van der Waals surface area contributed by atoms with Crippen molar-refractivity contribution in [2.75, 3.05) is 0 Å². The third kappa shape index (κ3) is 3.66. The van der Waals surface area contributed by atoms with Gasteiger partial charge in [0.1, 0.15) is 18.0 Å². The summed E-state index contributed by atoms with van der Waals surface area (Å²) in [4.78, 5) is 0. The monoisotopic (exact) mass is 422 g/mol. The lowest BCUT2D eigenvalue weighted by molar-refractivity contribution is -0.107. The van der Waals surface area contributed by atoms with Gasteiger partial charge >= 0.3 is 0 Å². The third-order valence-electron chi connectivity index (χ3n) is 6.98. The van der Waals surface area contributed by atoms with Crippen molar-refractivity contribution >= 4 is 0 Å². The molecule has 2 fully saturated rings. The molecule has 0 radical (unpaired) electrons. The molecule has 1 N–H and O–H groups in total. The molecule has 0 aliphatic heterocycles. The molecule has 0 spiro atoms. The van der Waals surface area contributed by atoms with E-state index in [1.54, 1.807) is 41.3 Å². The lowest BCUT2D eigenvalue weighted by atomic mass is 9.55. The predicted octanol–water partition coefficient (Wildman–Crippen LogP) is 5.11. The first-order chi connectivity index (χ1) is 14.9. The normalized spacial score (nSPS) is 30.2. The number of phenols is 1. The molecular weight excluding hydrogens is 395 g/mol. The molecule has 162 valence electrons. The summed E-state index contributed by atoms with van der Waals surface area (Å²) in [5.74, 6) is 0.400. The van der Waals surface area contributed by atoms with E-state index in [9.17, 15) is 5.11 Å². The van der Waals surface area contributed by atoms with E-state index in [0.29, 0.717) is 23.6 Å². The highest BCUT2D eigenvalue weighted by molar-refractivity contribution is 5.68. The van der Waals surface area contributed by atoms with Crippen LogP contribution < -0.4 is 4.74 Å². The number of benzene rings is 1. The van der Waals surface area contributed by atoms with Crippen LogP contribution in [0.4, 0.5) is 4.39 Å². The Morgan fingerprint density at radius 2 is 2.03 bits per heavy atom. The van der Waals surface area contributed by atoms with Gasteiger partial charge in [-0.2, -0.15) is 5.10 Å². The van der Waals surface area contributed by atoms with Crippen LogP contribution in [0.5, 0.6) is 11.6 Å². The number of halogens is 1. The molecule has 31 heavy (non-hydrogen) atoms. The van der Waals surface area contributed by atoms with Crippen LogP contribution in [-0.4, -0.2) is 37.4 Å². The maximum atomic E-state index is 15.3. The summed E-state index contributed by atoms with van der Waals surface area (Å²) in [5.41, 5.74) is 1.62. The second-order valence-corrected chi connectivity index (χ2v) is 9.67. The zero-order valence-electron chi connectivity index (χ0n) is 17.8. The topological polar surface area (TPSA) is 73.1 Å². The van der Waals surface area contributed by atoms with Crippen molar-refractivity contribution in [2.45, 2.75) is 58.2 Å². The lowest BCUT2D eigenvalue weighted by Gasteiger charge is -2.53. The van der Waals surface area contributed by atoms with E-state index in [2.05, 4.69) is 29.1 Å². The molecule has 7 heteroatoms. The van der Waals surface area contributed by atoms with Crippen molar-refractivity contribution in [1.82, 2.24) is 20.0 Å². The molecule has 2 heterocycles. The van der Waals surface area contributed by atoms with Crippen molar-refractivity contribution < 1.29 is 14.2 Å². The Bertz CT molecular complexity index is 1070. The van der Waals surface area contributed by atoms with Crippen molar-refractivity contribution in [1.29, 1.82) is 0 Å². The Morgan fingerprint density at radius 1 is 1.16 bits per heavy atom. The maximum Gasteiger partial charge on any atom is 0.233 e. The molecule has 3 aromatic rings. The first-order valence-electron chi connectivity index (χ1n) is 10.8. The largest absolute Gasteiger partial charge is 0.507 e. The molecule has 2 aliphatic rings. The van der Waals surface area contributed by atoms with E-state index in [0.717, 1.165) is 31.4 Å². The van der Waals surface area contributed by atoms with Crippen LogP contribution in [-0.2, 0) is 0 Å². The minimum atomic E-state index is -1.01. The van der Waals surface area contributed by atoms with E-state index < -0.39 is 12.3 Å². The Labute approximate surface area is 181 Å². The number of hydrogen-bond acceptors (Lipinski definition) is 5. The third-order valence-corrected chi connectivity index (χ3v) is 6.98. The van der Waals surface area contributed by atoms with Crippen LogP contribution in [0.1, 0.15) is 46.0 Å². The standard InChI is InChI=1S/C24H27FN4O2/c1-23-9-3-10-24(2,15-23)22(25)20(14-23)31-21-8-7-18(27-28-21)17-6-5-16(13-19(17)30)29-12-4-11-26-29/h4-8,11-13,20,22,30H,3,9-10,14-15H2,1-2H3/t20-,22-,23-,24-/m0/s1. The summed E-state index contributed by atoms with van der Waals surface area (Å²) in [6.45, 7) is 4.30. The molecule has 6 nitrogen and oxygen atoms in total. The second kappa shape index (κ2) is 7.32. The first kappa shape index (κ1) is 20.0. The van der Waals surface area contributed by atoms with Crippen molar-refractivity contribution in [3.05, 3.63) is 48.8 Å². The van der Waals surface area contributed by atoms with Crippen LogP contribution >= 0.6 is 0 Å². The Kier molecular flexibility index (Phi) is 4.72. The van der Waals surface area contributed by atoms with Gasteiger partial charge in [0.05, 0.1) is 11.4 Å². The van der Waals surface area contributed by atoms with Gasteiger partial charge in [0.2, 0.25) is 5.88 Å². The first-order valence-corrected chi connectivity index (χ1v) is 10.8. The van der Waals surface area contributed by atoms with E-state index in [4.69, 9.17) is 4.74 Å².